The third-order valence-electron chi connectivity index (χ3n) is 9.44. The Morgan fingerprint density at radius 1 is 0.979 bits per heavy atom. The number of hydrogen-bond acceptors (Lipinski definition) is 7. The monoisotopic (exact) mass is 681 g/mol. The second-order valence-electron chi connectivity index (χ2n) is 13.6. The van der Waals surface area contributed by atoms with Gasteiger partial charge in [0.1, 0.15) is 22.7 Å². The van der Waals surface area contributed by atoms with Gasteiger partial charge in [-0.1, -0.05) is 68.2 Å². The van der Waals surface area contributed by atoms with Crippen molar-refractivity contribution in [1.82, 2.24) is 19.7 Å². The first-order valence-corrected chi connectivity index (χ1v) is 16.8. The van der Waals surface area contributed by atoms with E-state index >= 15 is 4.79 Å². The van der Waals surface area contributed by atoms with Gasteiger partial charge >= 0.3 is 6.03 Å². The standard InChI is InChI=1S/C36H45Cl2N5O4/c1-7-47-30-20-31(34(2,3)4)39-21-29(30)32-40-35(5,24-8-12-26(37)13-9-24)36(6,25-10-14-27(38)15-11-25)43(32)33(46)42-18-16-41(17-19-42)22-28(45)23-44/h8-15,20-21,28,44-45H,7,16-19,22-23H2,1-6H3/t28-,35?,36?/m0/s1. The largest absolute Gasteiger partial charge is 0.493 e. The number of aromatic nitrogens is 1. The quantitative estimate of drug-likeness (QED) is 0.299. The molecule has 252 valence electrons. The SMILES string of the molecule is CCOc1cc(C(C)(C)C)ncc1C1=NC(C)(c2ccc(Cl)cc2)C(C)(c2ccc(Cl)cc2)N1C(=O)N1CCN(C[C@H](O)CO)CC1. The van der Waals surface area contributed by atoms with Gasteiger partial charge in [0.25, 0.3) is 0 Å². The highest BCUT2D eigenvalue weighted by Crippen LogP contribution is 2.54. The number of aliphatic hydroxyl groups is 2. The summed E-state index contributed by atoms with van der Waals surface area (Å²) in [7, 11) is 0. The predicted octanol–water partition coefficient (Wildman–Crippen LogP) is 6.07. The molecule has 0 bridgehead atoms. The second-order valence-corrected chi connectivity index (χ2v) is 14.5. The van der Waals surface area contributed by atoms with Crippen LogP contribution in [-0.2, 0) is 16.5 Å². The Morgan fingerprint density at radius 3 is 2.09 bits per heavy atom. The van der Waals surface area contributed by atoms with E-state index in [2.05, 4.69) is 25.7 Å². The van der Waals surface area contributed by atoms with Crippen LogP contribution in [0.4, 0.5) is 4.79 Å². The van der Waals surface area contributed by atoms with Crippen LogP contribution in [0.3, 0.4) is 0 Å². The number of carbonyl (C=O) groups is 1. The minimum absolute atomic E-state index is 0.205. The van der Waals surface area contributed by atoms with Gasteiger partial charge in [0.05, 0.1) is 24.9 Å². The van der Waals surface area contributed by atoms with E-state index in [0.717, 1.165) is 16.8 Å². The molecule has 1 fully saturated rings. The first-order chi connectivity index (χ1) is 22.2. The molecule has 2 N–H and O–H groups in total. The maximum Gasteiger partial charge on any atom is 0.326 e. The molecule has 2 unspecified atom stereocenters. The highest BCUT2D eigenvalue weighted by atomic mass is 35.5. The van der Waals surface area contributed by atoms with Crippen molar-refractivity contribution < 1.29 is 19.7 Å². The number of aliphatic imine (C=N–C) groups is 1. The first-order valence-electron chi connectivity index (χ1n) is 16.1. The summed E-state index contributed by atoms with van der Waals surface area (Å²) in [5, 5.41) is 20.6. The van der Waals surface area contributed by atoms with E-state index in [1.807, 2.05) is 80.3 Å². The number of amides is 2. The molecule has 0 aliphatic carbocycles. The Balaban J connectivity index is 1.71. The van der Waals surface area contributed by atoms with Crippen molar-refractivity contribution in [2.75, 3.05) is 45.9 Å². The summed E-state index contributed by atoms with van der Waals surface area (Å²) < 4.78 is 6.24. The lowest BCUT2D eigenvalue weighted by Crippen LogP contribution is -2.61. The molecule has 9 nitrogen and oxygen atoms in total. The Morgan fingerprint density at radius 2 is 1.55 bits per heavy atom. The van der Waals surface area contributed by atoms with Crippen LogP contribution in [0, 0.1) is 0 Å². The van der Waals surface area contributed by atoms with Gasteiger partial charge in [-0.25, -0.2) is 4.79 Å². The van der Waals surface area contributed by atoms with Gasteiger partial charge in [-0.2, -0.15) is 0 Å². The number of benzene rings is 2. The smallest absolute Gasteiger partial charge is 0.326 e. The van der Waals surface area contributed by atoms with Gasteiger partial charge in [0.2, 0.25) is 0 Å². The summed E-state index contributed by atoms with van der Waals surface area (Å²) in [4.78, 5) is 31.1. The van der Waals surface area contributed by atoms with Crippen LogP contribution in [0.25, 0.3) is 0 Å². The number of hydrogen-bond donors (Lipinski definition) is 2. The lowest BCUT2D eigenvalue weighted by molar-refractivity contribution is 0.0390. The molecular formula is C36H45Cl2N5O4. The topological polar surface area (TPSA) is 102 Å². The highest BCUT2D eigenvalue weighted by molar-refractivity contribution is 6.30. The van der Waals surface area contributed by atoms with Crippen molar-refractivity contribution in [3.05, 3.63) is 93.2 Å². The van der Waals surface area contributed by atoms with E-state index in [1.54, 1.807) is 11.1 Å². The van der Waals surface area contributed by atoms with Crippen LogP contribution < -0.4 is 4.74 Å². The molecule has 0 spiro atoms. The average Bonchev–Trinajstić information content (AvgIpc) is 3.29. The molecule has 0 saturated carbocycles. The van der Waals surface area contributed by atoms with Crippen LogP contribution in [0.5, 0.6) is 5.75 Å². The molecule has 5 rings (SSSR count). The van der Waals surface area contributed by atoms with E-state index in [4.69, 9.17) is 37.9 Å². The summed E-state index contributed by atoms with van der Waals surface area (Å²) in [5.41, 5.74) is 0.986. The van der Waals surface area contributed by atoms with Crippen LogP contribution in [-0.4, -0.2) is 93.8 Å². The van der Waals surface area contributed by atoms with Crippen molar-refractivity contribution >= 4 is 35.1 Å². The molecular weight excluding hydrogens is 637 g/mol. The van der Waals surface area contributed by atoms with Crippen LogP contribution in [0.15, 0.2) is 65.8 Å². The predicted molar refractivity (Wildman–Crippen MR) is 187 cm³/mol. The van der Waals surface area contributed by atoms with E-state index in [1.165, 1.54) is 0 Å². The van der Waals surface area contributed by atoms with E-state index in [0.29, 0.717) is 66.5 Å². The Hall–Kier alpha value is -3.21. The second kappa shape index (κ2) is 13.7. The van der Waals surface area contributed by atoms with Gasteiger partial charge in [0, 0.05) is 66.1 Å². The third-order valence-corrected chi connectivity index (χ3v) is 9.94. The Labute approximate surface area is 287 Å². The lowest BCUT2D eigenvalue weighted by Gasteiger charge is -2.47. The van der Waals surface area contributed by atoms with Crippen molar-refractivity contribution in [2.24, 2.45) is 4.99 Å². The van der Waals surface area contributed by atoms with E-state index < -0.39 is 17.2 Å². The summed E-state index contributed by atoms with van der Waals surface area (Å²) in [5.74, 6) is 1.06. The average molecular weight is 683 g/mol. The number of halogens is 2. The van der Waals surface area contributed by atoms with Gasteiger partial charge in [-0.05, 0) is 56.2 Å². The summed E-state index contributed by atoms with van der Waals surface area (Å²) >= 11 is 12.7. The van der Waals surface area contributed by atoms with Crippen molar-refractivity contribution in [1.29, 1.82) is 0 Å². The number of pyridine rings is 1. The highest BCUT2D eigenvalue weighted by Gasteiger charge is 2.60. The molecule has 2 aliphatic rings. The zero-order valence-corrected chi connectivity index (χ0v) is 29.5. The van der Waals surface area contributed by atoms with Crippen LogP contribution in [0.2, 0.25) is 10.0 Å². The molecule has 47 heavy (non-hydrogen) atoms. The molecule has 1 saturated heterocycles. The third kappa shape index (κ3) is 6.74. The number of nitrogens with zero attached hydrogens (tertiary/aromatic N) is 5. The first kappa shape index (κ1) is 35.1. The normalized spacial score (nSPS) is 22.7. The van der Waals surface area contributed by atoms with Gasteiger partial charge in [-0.3, -0.25) is 19.8 Å². The number of carbonyl (C=O) groups excluding carboxylic acids is 1. The number of aliphatic hydroxyl groups excluding tert-OH is 2. The molecule has 2 aromatic carbocycles. The molecule has 11 heteroatoms. The zero-order chi connectivity index (χ0) is 34.1. The molecule has 3 aromatic rings. The number of β-amino-alcohol motifs (C(OH)–C–C–N with tert-alkyl or cyclic N) is 1. The fourth-order valence-corrected chi connectivity index (χ4v) is 6.73. The van der Waals surface area contributed by atoms with Crippen LogP contribution >= 0.6 is 23.2 Å². The molecule has 3 heterocycles. The zero-order valence-electron chi connectivity index (χ0n) is 28.0. The van der Waals surface area contributed by atoms with Gasteiger partial charge in [-0.15, -0.1) is 0 Å². The molecule has 3 atom stereocenters. The minimum atomic E-state index is -1.03. The molecule has 2 aliphatic heterocycles. The van der Waals surface area contributed by atoms with E-state index in [9.17, 15) is 10.2 Å². The minimum Gasteiger partial charge on any atom is -0.493 e. The maximum atomic E-state index is 15.0. The number of rotatable bonds is 8. The number of urea groups is 1. The van der Waals surface area contributed by atoms with Crippen molar-refractivity contribution in [2.45, 2.75) is 64.1 Å². The van der Waals surface area contributed by atoms with Crippen molar-refractivity contribution in [3.8, 4) is 5.75 Å². The van der Waals surface area contributed by atoms with E-state index in [-0.39, 0.29) is 18.1 Å². The van der Waals surface area contributed by atoms with Crippen LogP contribution in [0.1, 0.15) is 63.9 Å². The molecule has 2 amide bonds. The number of amidine groups is 1. The number of ether oxygens (including phenoxy) is 1. The summed E-state index contributed by atoms with van der Waals surface area (Å²) in [6.07, 6.45) is 0.942. The summed E-state index contributed by atoms with van der Waals surface area (Å²) in [6.45, 7) is 14.8. The Kier molecular flexibility index (Phi) is 10.3. The molecule has 0 radical (unpaired) electrons. The maximum absolute atomic E-state index is 15.0. The Bertz CT molecular complexity index is 1600. The summed E-state index contributed by atoms with van der Waals surface area (Å²) in [6, 6.07) is 16.9. The van der Waals surface area contributed by atoms with Crippen molar-refractivity contribution in [3.63, 3.8) is 0 Å². The fourth-order valence-electron chi connectivity index (χ4n) is 6.48. The molecule has 1 aromatic heterocycles. The van der Waals surface area contributed by atoms with Gasteiger partial charge in [0.15, 0.2) is 0 Å². The fraction of sp³-hybridized carbons (Fsp3) is 0.472. The van der Waals surface area contributed by atoms with Gasteiger partial charge < -0.3 is 19.8 Å². The number of piperazine rings is 1. The lowest BCUT2D eigenvalue weighted by atomic mass is 9.71.